The fourth-order valence-corrected chi connectivity index (χ4v) is 2.60. The number of rotatable bonds is 9. The molecule has 0 aromatic rings. The van der Waals surface area contributed by atoms with Crippen LogP contribution in [0.2, 0.25) is 0 Å². The van der Waals surface area contributed by atoms with E-state index in [4.69, 9.17) is 15.2 Å². The summed E-state index contributed by atoms with van der Waals surface area (Å²) in [4.78, 5) is 0. The Morgan fingerprint density at radius 2 is 2.17 bits per heavy atom. The van der Waals surface area contributed by atoms with E-state index in [-0.39, 0.29) is 11.5 Å². The Morgan fingerprint density at radius 3 is 2.72 bits per heavy atom. The van der Waals surface area contributed by atoms with Crippen LogP contribution in [0.3, 0.4) is 0 Å². The minimum Gasteiger partial charge on any atom is -0.385 e. The molecule has 4 nitrogen and oxygen atoms in total. The maximum absolute atomic E-state index is 6.07. The molecule has 18 heavy (non-hydrogen) atoms. The smallest absolute Gasteiger partial charge is 0.0655 e. The maximum atomic E-state index is 6.07. The summed E-state index contributed by atoms with van der Waals surface area (Å²) in [6.07, 6.45) is 3.55. The summed E-state index contributed by atoms with van der Waals surface area (Å²) >= 11 is 0. The molecule has 0 saturated heterocycles. The summed E-state index contributed by atoms with van der Waals surface area (Å²) in [6.45, 7) is 9.08. The fourth-order valence-electron chi connectivity index (χ4n) is 2.60. The number of nitrogens with two attached hydrogens (primary N) is 1. The summed E-state index contributed by atoms with van der Waals surface area (Å²) in [5, 5.41) is 3.58. The highest BCUT2D eigenvalue weighted by Gasteiger charge is 2.48. The lowest BCUT2D eigenvalue weighted by atomic mass is 9.64. The van der Waals surface area contributed by atoms with Crippen molar-refractivity contribution in [3.8, 4) is 0 Å². The number of methoxy groups -OCH3 is 1. The molecular weight excluding hydrogens is 228 g/mol. The quantitative estimate of drug-likeness (QED) is 0.616. The van der Waals surface area contributed by atoms with Gasteiger partial charge in [0.2, 0.25) is 0 Å². The van der Waals surface area contributed by atoms with Crippen molar-refractivity contribution in [3.05, 3.63) is 0 Å². The predicted molar refractivity (Wildman–Crippen MR) is 74.7 cm³/mol. The molecule has 4 heteroatoms. The van der Waals surface area contributed by atoms with E-state index < -0.39 is 0 Å². The van der Waals surface area contributed by atoms with Gasteiger partial charge in [-0.1, -0.05) is 13.8 Å². The van der Waals surface area contributed by atoms with E-state index in [0.717, 1.165) is 39.0 Å². The van der Waals surface area contributed by atoms with Gasteiger partial charge in [0.15, 0.2) is 0 Å². The van der Waals surface area contributed by atoms with Crippen LogP contribution in [-0.2, 0) is 9.47 Å². The Balaban J connectivity index is 2.17. The van der Waals surface area contributed by atoms with Gasteiger partial charge in [-0.15, -0.1) is 0 Å². The van der Waals surface area contributed by atoms with E-state index >= 15 is 0 Å². The summed E-state index contributed by atoms with van der Waals surface area (Å²) in [6, 6.07) is 0.754. The predicted octanol–water partition coefficient (Wildman–Crippen LogP) is 1.53. The first-order valence-electron chi connectivity index (χ1n) is 7.11. The Morgan fingerprint density at radius 1 is 1.44 bits per heavy atom. The van der Waals surface area contributed by atoms with Gasteiger partial charge in [-0.3, -0.25) is 0 Å². The molecular formula is C14H30N2O2. The molecule has 1 rings (SSSR count). The third-order valence-electron chi connectivity index (χ3n) is 4.10. The van der Waals surface area contributed by atoms with Gasteiger partial charge in [-0.05, 0) is 26.2 Å². The highest BCUT2D eigenvalue weighted by Crippen LogP contribution is 2.42. The molecule has 0 radical (unpaired) electrons. The molecule has 0 amide bonds. The molecule has 0 spiro atoms. The highest BCUT2D eigenvalue weighted by atomic mass is 16.5. The Hall–Kier alpha value is -0.160. The van der Waals surface area contributed by atoms with Crippen molar-refractivity contribution >= 4 is 0 Å². The second kappa shape index (κ2) is 7.43. The van der Waals surface area contributed by atoms with Gasteiger partial charge in [0.1, 0.15) is 0 Å². The van der Waals surface area contributed by atoms with Crippen LogP contribution in [0.25, 0.3) is 0 Å². The van der Waals surface area contributed by atoms with Crippen molar-refractivity contribution < 1.29 is 9.47 Å². The van der Waals surface area contributed by atoms with Gasteiger partial charge in [-0.2, -0.15) is 0 Å². The molecule has 0 bridgehead atoms. The summed E-state index contributed by atoms with van der Waals surface area (Å²) in [5.74, 6) is 0. The zero-order valence-electron chi connectivity index (χ0n) is 12.4. The Labute approximate surface area is 112 Å². The molecule has 0 aromatic carbocycles. The molecule has 0 aromatic heterocycles. The number of nitrogens with one attached hydrogen (secondary N) is 1. The number of ether oxygens (including phenoxy) is 2. The monoisotopic (exact) mass is 258 g/mol. The van der Waals surface area contributed by atoms with Crippen LogP contribution in [0.4, 0.5) is 0 Å². The molecule has 108 valence electrons. The minimum atomic E-state index is 0.224. The zero-order valence-corrected chi connectivity index (χ0v) is 12.4. The minimum absolute atomic E-state index is 0.224. The van der Waals surface area contributed by atoms with Crippen molar-refractivity contribution in [1.29, 1.82) is 0 Å². The normalized spacial score (nSPS) is 27.8. The lowest BCUT2D eigenvalue weighted by Gasteiger charge is -2.52. The molecule has 1 aliphatic carbocycles. The first-order chi connectivity index (χ1) is 8.52. The average molecular weight is 258 g/mol. The van der Waals surface area contributed by atoms with E-state index in [1.807, 2.05) is 0 Å². The van der Waals surface area contributed by atoms with E-state index in [1.165, 1.54) is 0 Å². The Kier molecular flexibility index (Phi) is 6.57. The van der Waals surface area contributed by atoms with Gasteiger partial charge >= 0.3 is 0 Å². The van der Waals surface area contributed by atoms with Crippen molar-refractivity contribution in [3.63, 3.8) is 0 Å². The van der Waals surface area contributed by atoms with E-state index in [9.17, 15) is 0 Å². The third kappa shape index (κ3) is 4.19. The molecule has 3 atom stereocenters. The zero-order chi connectivity index (χ0) is 13.6. The van der Waals surface area contributed by atoms with Crippen LogP contribution < -0.4 is 11.1 Å². The third-order valence-corrected chi connectivity index (χ3v) is 4.10. The van der Waals surface area contributed by atoms with Crippen LogP contribution >= 0.6 is 0 Å². The molecule has 3 N–H and O–H groups in total. The van der Waals surface area contributed by atoms with Crippen molar-refractivity contribution in [2.24, 2.45) is 11.1 Å². The van der Waals surface area contributed by atoms with Gasteiger partial charge in [0.25, 0.3) is 0 Å². The first-order valence-corrected chi connectivity index (χ1v) is 7.11. The van der Waals surface area contributed by atoms with Crippen molar-refractivity contribution in [2.45, 2.75) is 58.2 Å². The summed E-state index contributed by atoms with van der Waals surface area (Å²) < 4.78 is 10.8. The van der Waals surface area contributed by atoms with Crippen LogP contribution in [0, 0.1) is 5.41 Å². The number of hydrogen-bond donors (Lipinski definition) is 2. The largest absolute Gasteiger partial charge is 0.385 e. The van der Waals surface area contributed by atoms with E-state index in [1.54, 1.807) is 7.11 Å². The summed E-state index contributed by atoms with van der Waals surface area (Å²) in [7, 11) is 1.73. The lowest BCUT2D eigenvalue weighted by molar-refractivity contribution is -0.114. The second-order valence-corrected chi connectivity index (χ2v) is 5.86. The molecule has 1 saturated carbocycles. The summed E-state index contributed by atoms with van der Waals surface area (Å²) in [5.41, 5.74) is 6.30. The van der Waals surface area contributed by atoms with E-state index in [2.05, 4.69) is 26.1 Å². The van der Waals surface area contributed by atoms with Gasteiger partial charge < -0.3 is 20.5 Å². The highest BCUT2D eigenvalue weighted by molar-refractivity contribution is 5.02. The van der Waals surface area contributed by atoms with Crippen LogP contribution in [-0.4, -0.2) is 45.1 Å². The van der Waals surface area contributed by atoms with Crippen molar-refractivity contribution in [2.75, 3.05) is 26.9 Å². The van der Waals surface area contributed by atoms with Crippen LogP contribution in [0.1, 0.15) is 40.0 Å². The van der Waals surface area contributed by atoms with E-state index in [0.29, 0.717) is 12.1 Å². The average Bonchev–Trinajstić information content (AvgIpc) is 2.33. The van der Waals surface area contributed by atoms with Gasteiger partial charge in [0.05, 0.1) is 6.10 Å². The van der Waals surface area contributed by atoms with Gasteiger partial charge in [0, 0.05) is 44.4 Å². The van der Waals surface area contributed by atoms with Gasteiger partial charge in [-0.25, -0.2) is 0 Å². The standard InChI is InChI=1S/C14H30N2O2/c1-5-18-13-9-12(14(13,2)3)16-10-11(15)7-6-8-17-4/h11-13,16H,5-10,15H2,1-4H3. The lowest BCUT2D eigenvalue weighted by Crippen LogP contribution is -2.62. The molecule has 1 fully saturated rings. The Bertz CT molecular complexity index is 234. The topological polar surface area (TPSA) is 56.5 Å². The molecule has 1 aliphatic rings. The molecule has 3 unspecified atom stereocenters. The molecule has 0 aliphatic heterocycles. The van der Waals surface area contributed by atoms with Crippen LogP contribution in [0.15, 0.2) is 0 Å². The molecule has 0 heterocycles. The van der Waals surface area contributed by atoms with Crippen molar-refractivity contribution in [1.82, 2.24) is 5.32 Å². The SMILES string of the molecule is CCOC1CC(NCC(N)CCCOC)C1(C)C. The second-order valence-electron chi connectivity index (χ2n) is 5.86. The maximum Gasteiger partial charge on any atom is 0.0655 e. The fraction of sp³-hybridized carbons (Fsp3) is 1.00. The van der Waals surface area contributed by atoms with Crippen LogP contribution in [0.5, 0.6) is 0 Å². The first kappa shape index (κ1) is 15.9. The number of hydrogen-bond acceptors (Lipinski definition) is 4.